The Kier molecular flexibility index (Phi) is 3.72. The second kappa shape index (κ2) is 4.90. The lowest BCUT2D eigenvalue weighted by Crippen LogP contribution is -2.34. The molecule has 0 aliphatic carbocycles. The van der Waals surface area contributed by atoms with E-state index in [0.717, 1.165) is 0 Å². The van der Waals surface area contributed by atoms with Crippen LogP contribution in [0.3, 0.4) is 0 Å². The zero-order valence-corrected chi connectivity index (χ0v) is 11.1. The third-order valence-electron chi connectivity index (χ3n) is 2.12. The SMILES string of the molecule is O=c1[nH]c(=O)n([C@@H]2CO[C@H](CS)O2)cc1I. The van der Waals surface area contributed by atoms with Gasteiger partial charge in [-0.15, -0.1) is 0 Å². The molecule has 88 valence electrons. The van der Waals surface area contributed by atoms with Gasteiger partial charge in [0.2, 0.25) is 0 Å². The van der Waals surface area contributed by atoms with Crippen molar-refractivity contribution in [1.82, 2.24) is 9.55 Å². The number of rotatable bonds is 2. The van der Waals surface area contributed by atoms with Crippen molar-refractivity contribution in [1.29, 1.82) is 0 Å². The first kappa shape index (κ1) is 12.1. The van der Waals surface area contributed by atoms with Gasteiger partial charge in [-0.1, -0.05) is 0 Å². The van der Waals surface area contributed by atoms with Crippen LogP contribution in [0.25, 0.3) is 0 Å². The molecule has 2 atom stereocenters. The van der Waals surface area contributed by atoms with Crippen LogP contribution >= 0.6 is 35.2 Å². The predicted molar refractivity (Wildman–Crippen MR) is 67.8 cm³/mol. The van der Waals surface area contributed by atoms with E-state index in [4.69, 9.17) is 9.47 Å². The number of nitrogens with zero attached hydrogens (tertiary/aromatic N) is 1. The monoisotopic (exact) mass is 356 g/mol. The summed E-state index contributed by atoms with van der Waals surface area (Å²) in [5.41, 5.74) is -0.898. The van der Waals surface area contributed by atoms with E-state index in [9.17, 15) is 9.59 Å². The first-order valence-electron chi connectivity index (χ1n) is 4.50. The molecule has 0 aromatic carbocycles. The Morgan fingerprint density at radius 3 is 3.00 bits per heavy atom. The Morgan fingerprint density at radius 2 is 2.38 bits per heavy atom. The van der Waals surface area contributed by atoms with Crippen LogP contribution in [-0.2, 0) is 9.47 Å². The van der Waals surface area contributed by atoms with Crippen molar-refractivity contribution in [3.8, 4) is 0 Å². The standard InChI is InChI=1S/C8H9IN2O4S/c9-4-1-11(8(13)10-7(4)12)5-2-14-6(3-16)15-5/h1,5-6,16H,2-3H2,(H,10,12,13)/t5-,6-/m0/s1. The van der Waals surface area contributed by atoms with E-state index >= 15 is 0 Å². The fourth-order valence-corrected chi connectivity index (χ4v) is 1.99. The van der Waals surface area contributed by atoms with E-state index in [0.29, 0.717) is 9.32 Å². The van der Waals surface area contributed by atoms with Crippen LogP contribution in [0.15, 0.2) is 15.8 Å². The molecular formula is C8H9IN2O4S. The molecule has 0 saturated carbocycles. The average molecular weight is 356 g/mol. The molecule has 2 heterocycles. The lowest BCUT2D eigenvalue weighted by atomic mass is 10.5. The smallest absolute Gasteiger partial charge is 0.330 e. The third-order valence-corrected chi connectivity index (χ3v) is 3.18. The van der Waals surface area contributed by atoms with Gasteiger partial charge < -0.3 is 9.47 Å². The van der Waals surface area contributed by atoms with Gasteiger partial charge in [0.15, 0.2) is 12.5 Å². The summed E-state index contributed by atoms with van der Waals surface area (Å²) in [6.45, 7) is 0.271. The Balaban J connectivity index is 2.32. The van der Waals surface area contributed by atoms with Gasteiger partial charge >= 0.3 is 5.69 Å². The zero-order valence-electron chi connectivity index (χ0n) is 8.05. The first-order chi connectivity index (χ1) is 7.61. The molecule has 0 unspecified atom stereocenters. The number of aromatic amines is 1. The Labute approximate surface area is 110 Å². The van der Waals surface area contributed by atoms with Gasteiger partial charge in [-0.3, -0.25) is 14.3 Å². The predicted octanol–water partition coefficient (Wildman–Crippen LogP) is -0.0575. The van der Waals surface area contributed by atoms with Crippen molar-refractivity contribution in [3.05, 3.63) is 30.6 Å². The number of thiol groups is 1. The minimum absolute atomic E-state index is 0.271. The van der Waals surface area contributed by atoms with Crippen LogP contribution in [0.2, 0.25) is 0 Å². The number of aromatic nitrogens is 2. The fourth-order valence-electron chi connectivity index (χ4n) is 1.36. The molecule has 1 N–H and O–H groups in total. The van der Waals surface area contributed by atoms with Crippen LogP contribution in [0.4, 0.5) is 0 Å². The molecule has 0 spiro atoms. The number of H-pyrrole nitrogens is 1. The summed E-state index contributed by atoms with van der Waals surface area (Å²) in [6, 6.07) is 0. The van der Waals surface area contributed by atoms with E-state index in [1.54, 1.807) is 0 Å². The third kappa shape index (κ3) is 2.34. The minimum atomic E-state index is -0.505. The maximum Gasteiger partial charge on any atom is 0.330 e. The zero-order chi connectivity index (χ0) is 11.7. The van der Waals surface area contributed by atoms with Crippen LogP contribution in [-0.4, -0.2) is 28.2 Å². The van der Waals surface area contributed by atoms with Crippen molar-refractivity contribution in [2.45, 2.75) is 12.5 Å². The summed E-state index contributed by atoms with van der Waals surface area (Å²) in [7, 11) is 0. The molecule has 0 radical (unpaired) electrons. The van der Waals surface area contributed by atoms with Gasteiger partial charge in [0.1, 0.15) is 0 Å². The van der Waals surface area contributed by atoms with Crippen molar-refractivity contribution in [2.24, 2.45) is 0 Å². The van der Waals surface area contributed by atoms with E-state index in [1.807, 2.05) is 22.6 Å². The van der Waals surface area contributed by atoms with Gasteiger partial charge in [-0.2, -0.15) is 12.6 Å². The second-order valence-electron chi connectivity index (χ2n) is 3.18. The summed E-state index contributed by atoms with van der Waals surface area (Å²) in [6.07, 6.45) is 0.538. The highest BCUT2D eigenvalue weighted by Crippen LogP contribution is 2.19. The summed E-state index contributed by atoms with van der Waals surface area (Å²) in [5.74, 6) is 0.422. The van der Waals surface area contributed by atoms with Crippen LogP contribution < -0.4 is 11.2 Å². The Bertz CT molecular complexity index is 500. The molecule has 1 aromatic rings. The number of hydrogen-bond acceptors (Lipinski definition) is 5. The van der Waals surface area contributed by atoms with Gasteiger partial charge in [0.25, 0.3) is 5.56 Å². The number of halogens is 1. The normalized spacial score (nSPS) is 24.9. The molecule has 6 nitrogen and oxygen atoms in total. The van der Waals surface area contributed by atoms with E-state index in [-0.39, 0.29) is 6.61 Å². The molecule has 2 rings (SSSR count). The highest BCUT2D eigenvalue weighted by Gasteiger charge is 2.27. The summed E-state index contributed by atoms with van der Waals surface area (Å²) >= 11 is 5.89. The highest BCUT2D eigenvalue weighted by atomic mass is 127. The van der Waals surface area contributed by atoms with Crippen LogP contribution in [0, 0.1) is 3.57 Å². The Hall–Kier alpha value is -0.320. The van der Waals surface area contributed by atoms with E-state index < -0.39 is 23.8 Å². The maximum absolute atomic E-state index is 11.5. The minimum Gasteiger partial charge on any atom is -0.347 e. The van der Waals surface area contributed by atoms with Gasteiger partial charge in [0.05, 0.1) is 10.2 Å². The van der Waals surface area contributed by atoms with Crippen LogP contribution in [0.5, 0.6) is 0 Å². The quantitative estimate of drug-likeness (QED) is 0.576. The first-order valence-corrected chi connectivity index (χ1v) is 6.22. The lowest BCUT2D eigenvalue weighted by Gasteiger charge is -2.12. The molecule has 0 amide bonds. The molecular weight excluding hydrogens is 347 g/mol. The summed E-state index contributed by atoms with van der Waals surface area (Å²) in [5, 5.41) is 0. The molecule has 8 heteroatoms. The van der Waals surface area contributed by atoms with E-state index in [1.165, 1.54) is 10.8 Å². The van der Waals surface area contributed by atoms with Crippen molar-refractivity contribution < 1.29 is 9.47 Å². The topological polar surface area (TPSA) is 73.3 Å². The number of hydrogen-bond donors (Lipinski definition) is 2. The van der Waals surface area contributed by atoms with Crippen molar-refractivity contribution in [3.63, 3.8) is 0 Å². The van der Waals surface area contributed by atoms with Crippen LogP contribution in [0.1, 0.15) is 6.23 Å². The van der Waals surface area contributed by atoms with Crippen molar-refractivity contribution >= 4 is 35.2 Å². The molecule has 1 aromatic heterocycles. The largest absolute Gasteiger partial charge is 0.347 e. The van der Waals surface area contributed by atoms with Crippen molar-refractivity contribution in [2.75, 3.05) is 12.4 Å². The van der Waals surface area contributed by atoms with Gasteiger partial charge in [-0.05, 0) is 22.6 Å². The molecule has 1 saturated heterocycles. The summed E-state index contributed by atoms with van der Waals surface area (Å²) < 4.78 is 12.4. The highest BCUT2D eigenvalue weighted by molar-refractivity contribution is 14.1. The second-order valence-corrected chi connectivity index (χ2v) is 4.71. The average Bonchev–Trinajstić information content (AvgIpc) is 2.71. The maximum atomic E-state index is 11.5. The fraction of sp³-hybridized carbons (Fsp3) is 0.500. The Morgan fingerprint density at radius 1 is 1.62 bits per heavy atom. The number of ether oxygens (including phenoxy) is 2. The van der Waals surface area contributed by atoms with Gasteiger partial charge in [-0.25, -0.2) is 4.79 Å². The molecule has 1 aliphatic rings. The van der Waals surface area contributed by atoms with E-state index in [2.05, 4.69) is 17.6 Å². The lowest BCUT2D eigenvalue weighted by molar-refractivity contribution is -0.0543. The van der Waals surface area contributed by atoms with Gasteiger partial charge in [0, 0.05) is 11.9 Å². The number of nitrogens with one attached hydrogen (secondary N) is 1. The summed E-state index contributed by atoms with van der Waals surface area (Å²) in [4.78, 5) is 24.9. The molecule has 1 aliphatic heterocycles. The molecule has 0 bridgehead atoms. The molecule has 1 fully saturated rings. The molecule has 16 heavy (non-hydrogen) atoms.